The zero-order valence-electron chi connectivity index (χ0n) is 7.45. The maximum atomic E-state index is 11.0. The molecule has 0 amide bonds. The van der Waals surface area contributed by atoms with Crippen LogP contribution >= 0.6 is 11.6 Å². The molecule has 0 aliphatic heterocycles. The van der Waals surface area contributed by atoms with Crippen LogP contribution in [0.4, 0.5) is 0 Å². The minimum absolute atomic E-state index is 0.0356. The van der Waals surface area contributed by atoms with Gasteiger partial charge in [0.2, 0.25) is 0 Å². The lowest BCUT2D eigenvalue weighted by Gasteiger charge is -2.03. The van der Waals surface area contributed by atoms with Gasteiger partial charge in [-0.15, -0.1) is 0 Å². The lowest BCUT2D eigenvalue weighted by molar-refractivity contribution is -0.139. The Hall–Kier alpha value is -1.60. The molecule has 0 aliphatic rings. The van der Waals surface area contributed by atoms with Gasteiger partial charge >= 0.3 is 5.97 Å². The van der Waals surface area contributed by atoms with E-state index >= 15 is 0 Å². The van der Waals surface area contributed by atoms with Crippen LogP contribution in [0.5, 0.6) is 0 Å². The van der Waals surface area contributed by atoms with Crippen LogP contribution in [0.15, 0.2) is 12.3 Å². The van der Waals surface area contributed by atoms with Crippen LogP contribution in [-0.4, -0.2) is 18.1 Å². The van der Waals surface area contributed by atoms with Crippen molar-refractivity contribution in [3.8, 4) is 6.07 Å². The van der Waals surface area contributed by atoms with Crippen LogP contribution in [0.2, 0.25) is 5.02 Å². The summed E-state index contributed by atoms with van der Waals surface area (Å²) in [5.74, 6) is -0.448. The minimum Gasteiger partial charge on any atom is -0.469 e. The van der Waals surface area contributed by atoms with Crippen molar-refractivity contribution >= 4 is 17.6 Å². The van der Waals surface area contributed by atoms with Crippen LogP contribution in [0.25, 0.3) is 0 Å². The Morgan fingerprint density at radius 3 is 3.07 bits per heavy atom. The van der Waals surface area contributed by atoms with Gasteiger partial charge in [0.1, 0.15) is 11.8 Å². The van der Waals surface area contributed by atoms with Crippen molar-refractivity contribution < 1.29 is 9.53 Å². The Morgan fingerprint density at radius 2 is 2.50 bits per heavy atom. The summed E-state index contributed by atoms with van der Waals surface area (Å²) in [5.41, 5.74) is 0.561. The Morgan fingerprint density at radius 1 is 1.79 bits per heavy atom. The monoisotopic (exact) mass is 210 g/mol. The molecule has 0 atom stereocenters. The molecular weight excluding hydrogens is 204 g/mol. The van der Waals surface area contributed by atoms with Crippen molar-refractivity contribution in [2.45, 2.75) is 6.42 Å². The highest BCUT2D eigenvalue weighted by Gasteiger charge is 2.12. The van der Waals surface area contributed by atoms with Gasteiger partial charge in [-0.25, -0.2) is 4.98 Å². The number of pyridine rings is 1. The van der Waals surface area contributed by atoms with Gasteiger partial charge in [0.05, 0.1) is 13.5 Å². The Bertz CT molecular complexity index is 398. The highest BCUT2D eigenvalue weighted by atomic mass is 35.5. The van der Waals surface area contributed by atoms with E-state index in [1.165, 1.54) is 19.4 Å². The summed E-state index contributed by atoms with van der Waals surface area (Å²) in [6.45, 7) is 0. The summed E-state index contributed by atoms with van der Waals surface area (Å²) in [4.78, 5) is 14.8. The van der Waals surface area contributed by atoms with Crippen LogP contribution in [0.1, 0.15) is 11.3 Å². The van der Waals surface area contributed by atoms with Gasteiger partial charge in [0.25, 0.3) is 0 Å². The van der Waals surface area contributed by atoms with Crippen molar-refractivity contribution in [1.82, 2.24) is 4.98 Å². The van der Waals surface area contributed by atoms with Gasteiger partial charge in [-0.3, -0.25) is 4.79 Å². The standard InChI is InChI=1S/C9H7ClN2O2/c1-14-9(13)4-6-7(10)2-3-12-8(6)5-11/h2-3H,4H2,1H3. The Kier molecular flexibility index (Phi) is 3.43. The number of rotatable bonds is 2. The van der Waals surface area contributed by atoms with Gasteiger partial charge < -0.3 is 4.74 Å². The van der Waals surface area contributed by atoms with Gasteiger partial charge in [0.15, 0.2) is 0 Å². The lowest BCUT2D eigenvalue weighted by atomic mass is 10.1. The second kappa shape index (κ2) is 4.58. The van der Waals surface area contributed by atoms with E-state index in [0.717, 1.165) is 0 Å². The summed E-state index contributed by atoms with van der Waals surface area (Å²) in [6, 6.07) is 3.39. The minimum atomic E-state index is -0.448. The molecule has 1 aromatic rings. The molecule has 0 aromatic carbocycles. The highest BCUT2D eigenvalue weighted by Crippen LogP contribution is 2.18. The number of halogens is 1. The fraction of sp³-hybridized carbons (Fsp3) is 0.222. The quantitative estimate of drug-likeness (QED) is 0.691. The number of aromatic nitrogens is 1. The number of ether oxygens (including phenoxy) is 1. The molecule has 0 bridgehead atoms. The number of methoxy groups -OCH3 is 1. The molecule has 72 valence electrons. The molecule has 0 N–H and O–H groups in total. The molecule has 0 radical (unpaired) electrons. The molecule has 1 rings (SSSR count). The molecule has 0 spiro atoms. The van der Waals surface area contributed by atoms with Crippen molar-refractivity contribution in [3.05, 3.63) is 28.5 Å². The number of carbonyl (C=O) groups is 1. The first kappa shape index (κ1) is 10.5. The molecule has 14 heavy (non-hydrogen) atoms. The maximum absolute atomic E-state index is 11.0. The van der Waals surface area contributed by atoms with Crippen LogP contribution in [0.3, 0.4) is 0 Å². The van der Waals surface area contributed by atoms with E-state index in [0.29, 0.717) is 10.6 Å². The lowest BCUT2D eigenvalue weighted by Crippen LogP contribution is -2.07. The number of hydrogen-bond donors (Lipinski definition) is 0. The fourth-order valence-electron chi connectivity index (χ4n) is 0.950. The summed E-state index contributed by atoms with van der Waals surface area (Å²) in [5, 5.41) is 9.05. The summed E-state index contributed by atoms with van der Waals surface area (Å²) in [7, 11) is 1.28. The zero-order valence-corrected chi connectivity index (χ0v) is 8.21. The van der Waals surface area contributed by atoms with E-state index in [1.54, 1.807) is 0 Å². The Labute approximate surface area is 86.1 Å². The third-order valence-corrected chi connectivity index (χ3v) is 2.01. The number of esters is 1. The maximum Gasteiger partial charge on any atom is 0.310 e. The van der Waals surface area contributed by atoms with E-state index in [4.69, 9.17) is 16.9 Å². The summed E-state index contributed by atoms with van der Waals surface area (Å²) in [6.07, 6.45) is 1.38. The van der Waals surface area contributed by atoms with E-state index in [2.05, 4.69) is 9.72 Å². The van der Waals surface area contributed by atoms with Gasteiger partial charge in [-0.05, 0) is 6.07 Å². The molecule has 0 fully saturated rings. The fourth-order valence-corrected chi connectivity index (χ4v) is 1.16. The average Bonchev–Trinajstić information content (AvgIpc) is 2.20. The topological polar surface area (TPSA) is 63.0 Å². The molecular formula is C9H7ClN2O2. The third kappa shape index (κ3) is 2.21. The van der Waals surface area contributed by atoms with Crippen LogP contribution < -0.4 is 0 Å². The van der Waals surface area contributed by atoms with Gasteiger partial charge in [-0.1, -0.05) is 11.6 Å². The first-order chi connectivity index (χ1) is 6.69. The van der Waals surface area contributed by atoms with Gasteiger partial charge in [0, 0.05) is 16.8 Å². The van der Waals surface area contributed by atoms with Crippen molar-refractivity contribution in [2.75, 3.05) is 7.11 Å². The molecule has 0 saturated carbocycles. The zero-order chi connectivity index (χ0) is 10.6. The largest absolute Gasteiger partial charge is 0.469 e. The summed E-state index contributed by atoms with van der Waals surface area (Å²) < 4.78 is 4.47. The molecule has 0 unspecified atom stereocenters. The van der Waals surface area contributed by atoms with Crippen LogP contribution in [0, 0.1) is 11.3 Å². The normalized spacial score (nSPS) is 9.21. The second-order valence-corrected chi connectivity index (χ2v) is 2.89. The first-order valence-corrected chi connectivity index (χ1v) is 4.17. The second-order valence-electron chi connectivity index (χ2n) is 2.48. The summed E-state index contributed by atoms with van der Waals surface area (Å²) >= 11 is 5.81. The first-order valence-electron chi connectivity index (χ1n) is 3.79. The highest BCUT2D eigenvalue weighted by molar-refractivity contribution is 6.31. The molecule has 4 nitrogen and oxygen atoms in total. The van der Waals surface area contributed by atoms with Crippen molar-refractivity contribution in [2.24, 2.45) is 0 Å². The number of nitrogens with zero attached hydrogens (tertiary/aromatic N) is 2. The number of hydrogen-bond acceptors (Lipinski definition) is 4. The van der Waals surface area contributed by atoms with Gasteiger partial charge in [-0.2, -0.15) is 5.26 Å². The SMILES string of the molecule is COC(=O)Cc1c(Cl)ccnc1C#N. The predicted molar refractivity (Wildman–Crippen MR) is 49.7 cm³/mol. The number of carbonyl (C=O) groups excluding carboxylic acids is 1. The van der Waals surface area contributed by atoms with E-state index in [1.807, 2.05) is 6.07 Å². The number of nitriles is 1. The smallest absolute Gasteiger partial charge is 0.310 e. The molecule has 0 saturated heterocycles. The van der Waals surface area contributed by atoms with Crippen LogP contribution in [-0.2, 0) is 16.0 Å². The Balaban J connectivity index is 3.06. The molecule has 1 aromatic heterocycles. The van der Waals surface area contributed by atoms with E-state index in [-0.39, 0.29) is 12.1 Å². The van der Waals surface area contributed by atoms with E-state index < -0.39 is 5.97 Å². The molecule has 1 heterocycles. The average molecular weight is 211 g/mol. The van der Waals surface area contributed by atoms with Crippen molar-refractivity contribution in [3.63, 3.8) is 0 Å². The predicted octanol–water partition coefficient (Wildman–Crippen LogP) is 1.32. The van der Waals surface area contributed by atoms with Crippen molar-refractivity contribution in [1.29, 1.82) is 5.26 Å². The molecule has 0 aliphatic carbocycles. The van der Waals surface area contributed by atoms with E-state index in [9.17, 15) is 4.79 Å². The third-order valence-electron chi connectivity index (χ3n) is 1.65. The molecule has 5 heteroatoms.